The third-order valence-corrected chi connectivity index (χ3v) is 5.36. The third-order valence-electron chi connectivity index (χ3n) is 4.45. The molecule has 0 aliphatic carbocycles. The standard InChI is InChI=1S/C22H20N4O5S/c1-2-10-25(13-15-6-8-16(9-7-15)21(29)23-12-20(27)28)22-24-19(14-32-22)17-4-3-5-18(11-17)26(30)31/h2-9,11,14H,1,10,12-13H2,(H,23,29)(H,27,28). The second kappa shape index (κ2) is 10.3. The lowest BCUT2D eigenvalue weighted by atomic mass is 10.1. The van der Waals surface area contributed by atoms with Crippen LogP contribution in [0.25, 0.3) is 11.3 Å². The molecular formula is C22H20N4O5S. The van der Waals surface area contributed by atoms with Crippen LogP contribution >= 0.6 is 11.3 Å². The van der Waals surface area contributed by atoms with Crippen LogP contribution in [0.15, 0.2) is 66.6 Å². The molecule has 0 aliphatic rings. The Hall–Kier alpha value is -4.05. The van der Waals surface area contributed by atoms with Crippen LogP contribution in [0.4, 0.5) is 10.8 Å². The van der Waals surface area contributed by atoms with E-state index in [0.29, 0.717) is 29.9 Å². The van der Waals surface area contributed by atoms with Gasteiger partial charge in [0.05, 0.1) is 10.6 Å². The van der Waals surface area contributed by atoms with Gasteiger partial charge in [-0.15, -0.1) is 17.9 Å². The van der Waals surface area contributed by atoms with Crippen LogP contribution in [0.5, 0.6) is 0 Å². The average Bonchev–Trinajstić information content (AvgIpc) is 3.28. The smallest absolute Gasteiger partial charge is 0.322 e. The Morgan fingerprint density at radius 1 is 1.25 bits per heavy atom. The second-order valence-electron chi connectivity index (χ2n) is 6.77. The highest BCUT2D eigenvalue weighted by molar-refractivity contribution is 7.14. The highest BCUT2D eigenvalue weighted by atomic mass is 32.1. The number of hydrogen-bond donors (Lipinski definition) is 2. The Bertz CT molecular complexity index is 1140. The normalized spacial score (nSPS) is 10.4. The van der Waals surface area contributed by atoms with Crippen LogP contribution in [-0.4, -0.2) is 40.0 Å². The first-order valence-electron chi connectivity index (χ1n) is 9.52. The van der Waals surface area contributed by atoms with E-state index in [1.165, 1.54) is 23.5 Å². The maximum Gasteiger partial charge on any atom is 0.322 e. The number of nitrogens with one attached hydrogen (secondary N) is 1. The van der Waals surface area contributed by atoms with Crippen molar-refractivity contribution in [2.45, 2.75) is 6.54 Å². The van der Waals surface area contributed by atoms with Crippen LogP contribution in [0.1, 0.15) is 15.9 Å². The fourth-order valence-electron chi connectivity index (χ4n) is 2.93. The topological polar surface area (TPSA) is 126 Å². The molecular weight excluding hydrogens is 432 g/mol. The predicted octanol–water partition coefficient (Wildman–Crippen LogP) is 3.73. The molecule has 1 amide bonds. The minimum atomic E-state index is -1.11. The van der Waals surface area contributed by atoms with Gasteiger partial charge >= 0.3 is 5.97 Å². The van der Waals surface area contributed by atoms with Gasteiger partial charge in [-0.05, 0) is 17.7 Å². The van der Waals surface area contributed by atoms with Crippen molar-refractivity contribution in [3.8, 4) is 11.3 Å². The van der Waals surface area contributed by atoms with E-state index in [4.69, 9.17) is 5.11 Å². The summed E-state index contributed by atoms with van der Waals surface area (Å²) in [6.45, 7) is 4.39. The van der Waals surface area contributed by atoms with Crippen molar-refractivity contribution in [3.05, 3.63) is 87.8 Å². The first-order chi connectivity index (χ1) is 15.4. The summed E-state index contributed by atoms with van der Waals surface area (Å²) >= 11 is 1.42. The number of rotatable bonds is 10. The Morgan fingerprint density at radius 3 is 2.66 bits per heavy atom. The van der Waals surface area contributed by atoms with Crippen molar-refractivity contribution < 1.29 is 19.6 Å². The van der Waals surface area contributed by atoms with E-state index in [2.05, 4.69) is 16.9 Å². The molecule has 1 aromatic heterocycles. The molecule has 0 fully saturated rings. The number of aliphatic carboxylic acids is 1. The number of anilines is 1. The SMILES string of the molecule is C=CCN(Cc1ccc(C(=O)NCC(=O)O)cc1)c1nc(-c2cccc([N+](=O)[O-])c2)cs1. The molecule has 0 bridgehead atoms. The van der Waals surface area contributed by atoms with Gasteiger partial charge in [0, 0.05) is 41.7 Å². The molecule has 0 saturated carbocycles. The largest absolute Gasteiger partial charge is 0.480 e. The lowest BCUT2D eigenvalue weighted by Crippen LogP contribution is -2.29. The molecule has 10 heteroatoms. The van der Waals surface area contributed by atoms with Gasteiger partial charge < -0.3 is 15.3 Å². The molecule has 9 nitrogen and oxygen atoms in total. The van der Waals surface area contributed by atoms with Crippen molar-refractivity contribution >= 4 is 34.0 Å². The van der Waals surface area contributed by atoms with Crippen molar-refractivity contribution in [1.82, 2.24) is 10.3 Å². The van der Waals surface area contributed by atoms with Gasteiger partial charge in [0.2, 0.25) is 0 Å². The molecule has 1 heterocycles. The number of carbonyl (C=O) groups excluding carboxylic acids is 1. The molecule has 32 heavy (non-hydrogen) atoms. The highest BCUT2D eigenvalue weighted by Gasteiger charge is 2.14. The van der Waals surface area contributed by atoms with Gasteiger partial charge in [-0.1, -0.05) is 30.3 Å². The van der Waals surface area contributed by atoms with Gasteiger partial charge in [-0.25, -0.2) is 4.98 Å². The number of nitrogens with zero attached hydrogens (tertiary/aromatic N) is 3. The van der Waals surface area contributed by atoms with Crippen molar-refractivity contribution in [3.63, 3.8) is 0 Å². The summed E-state index contributed by atoms with van der Waals surface area (Å²) in [7, 11) is 0. The molecule has 3 aromatic rings. The molecule has 0 atom stereocenters. The highest BCUT2D eigenvalue weighted by Crippen LogP contribution is 2.30. The van der Waals surface area contributed by atoms with E-state index in [0.717, 1.165) is 10.7 Å². The number of carbonyl (C=O) groups is 2. The van der Waals surface area contributed by atoms with Crippen molar-refractivity contribution in [2.75, 3.05) is 18.0 Å². The van der Waals surface area contributed by atoms with Crippen LogP contribution in [0, 0.1) is 10.1 Å². The van der Waals surface area contributed by atoms with Gasteiger partial charge in [-0.2, -0.15) is 0 Å². The van der Waals surface area contributed by atoms with E-state index in [9.17, 15) is 19.7 Å². The van der Waals surface area contributed by atoms with E-state index >= 15 is 0 Å². The van der Waals surface area contributed by atoms with Crippen LogP contribution in [0.2, 0.25) is 0 Å². The number of nitro groups is 1. The first-order valence-corrected chi connectivity index (χ1v) is 10.4. The second-order valence-corrected chi connectivity index (χ2v) is 7.60. The molecule has 0 radical (unpaired) electrons. The number of hydrogen-bond acceptors (Lipinski definition) is 7. The van der Waals surface area contributed by atoms with Gasteiger partial charge in [-0.3, -0.25) is 19.7 Å². The summed E-state index contributed by atoms with van der Waals surface area (Å²) in [5.41, 5.74) is 2.61. The molecule has 0 aliphatic heterocycles. The predicted molar refractivity (Wildman–Crippen MR) is 122 cm³/mol. The Balaban J connectivity index is 1.74. The summed E-state index contributed by atoms with van der Waals surface area (Å²) in [6.07, 6.45) is 1.75. The number of nitro benzene ring substituents is 1. The maximum atomic E-state index is 12.0. The number of thiazole rings is 1. The summed E-state index contributed by atoms with van der Waals surface area (Å²) in [5.74, 6) is -1.56. The molecule has 2 aromatic carbocycles. The molecule has 3 rings (SSSR count). The fraction of sp³-hybridized carbons (Fsp3) is 0.136. The minimum absolute atomic E-state index is 0.00693. The number of benzene rings is 2. The number of carboxylic acid groups (broad SMARTS) is 1. The molecule has 2 N–H and O–H groups in total. The summed E-state index contributed by atoms with van der Waals surface area (Å²) in [4.78, 5) is 39.8. The lowest BCUT2D eigenvalue weighted by Gasteiger charge is -2.20. The van der Waals surface area contributed by atoms with E-state index < -0.39 is 23.3 Å². The minimum Gasteiger partial charge on any atom is -0.480 e. The zero-order valence-corrected chi connectivity index (χ0v) is 17.7. The first kappa shape index (κ1) is 22.6. The van der Waals surface area contributed by atoms with Gasteiger partial charge in [0.25, 0.3) is 11.6 Å². The van der Waals surface area contributed by atoms with Crippen LogP contribution < -0.4 is 10.2 Å². The zero-order chi connectivity index (χ0) is 23.1. The molecule has 0 unspecified atom stereocenters. The molecule has 164 valence electrons. The monoisotopic (exact) mass is 452 g/mol. The van der Waals surface area contributed by atoms with Crippen molar-refractivity contribution in [2.24, 2.45) is 0 Å². The molecule has 0 spiro atoms. The van der Waals surface area contributed by atoms with Crippen LogP contribution in [-0.2, 0) is 11.3 Å². The van der Waals surface area contributed by atoms with Crippen LogP contribution in [0.3, 0.4) is 0 Å². The number of carboxylic acids is 1. The van der Waals surface area contributed by atoms with E-state index in [1.807, 2.05) is 10.3 Å². The van der Waals surface area contributed by atoms with Crippen molar-refractivity contribution in [1.29, 1.82) is 0 Å². The average molecular weight is 452 g/mol. The fourth-order valence-corrected chi connectivity index (χ4v) is 3.77. The summed E-state index contributed by atoms with van der Waals surface area (Å²) < 4.78 is 0. The van der Waals surface area contributed by atoms with E-state index in [-0.39, 0.29) is 5.69 Å². The Kier molecular flexibility index (Phi) is 7.29. The number of aromatic nitrogens is 1. The quantitative estimate of drug-likeness (QED) is 0.273. The lowest BCUT2D eigenvalue weighted by molar-refractivity contribution is -0.384. The zero-order valence-electron chi connectivity index (χ0n) is 16.9. The van der Waals surface area contributed by atoms with E-state index in [1.54, 1.807) is 42.5 Å². The maximum absolute atomic E-state index is 12.0. The number of non-ortho nitro benzene ring substituents is 1. The Labute approximate surface area is 187 Å². The summed E-state index contributed by atoms with van der Waals surface area (Å²) in [6, 6.07) is 13.2. The van der Waals surface area contributed by atoms with Gasteiger partial charge in [0.1, 0.15) is 6.54 Å². The molecule has 0 saturated heterocycles. The Morgan fingerprint density at radius 2 is 2.00 bits per heavy atom. The third kappa shape index (κ3) is 5.76. The number of amides is 1. The summed E-state index contributed by atoms with van der Waals surface area (Å²) in [5, 5.41) is 24.6. The van der Waals surface area contributed by atoms with Gasteiger partial charge in [0.15, 0.2) is 5.13 Å².